The van der Waals surface area contributed by atoms with Crippen molar-refractivity contribution in [3.8, 4) is 0 Å². The fourth-order valence-electron chi connectivity index (χ4n) is 6.88. The molecule has 1 atom stereocenters. The lowest BCUT2D eigenvalue weighted by atomic mass is 9.53. The number of rotatable bonds is 3. The fourth-order valence-corrected chi connectivity index (χ4v) is 6.88. The van der Waals surface area contributed by atoms with Crippen molar-refractivity contribution < 1.29 is 14.3 Å². The third kappa shape index (κ3) is 2.88. The maximum atomic E-state index is 13.0. The van der Waals surface area contributed by atoms with Crippen LogP contribution in [0.25, 0.3) is 0 Å². The van der Waals surface area contributed by atoms with Crippen LogP contribution in [0.3, 0.4) is 0 Å². The second kappa shape index (κ2) is 5.97. The molecule has 138 valence electrons. The standard InChI is InChI=1S/C20H30N2O3/c23-18-8-16(12-22(18)17-1-3-25-4-2-17)19(24)21-20-9-13-5-14(10-20)7-15(6-13)11-20/h13-17H,1-12H2,(H,21,24). The Morgan fingerprint density at radius 1 is 1.04 bits per heavy atom. The SMILES string of the molecule is O=C(NC12CC3CC(CC(C3)C1)C2)C1CC(=O)N(C2CCOCC2)C1. The minimum atomic E-state index is -0.150. The van der Waals surface area contributed by atoms with Gasteiger partial charge < -0.3 is 15.0 Å². The largest absolute Gasteiger partial charge is 0.381 e. The van der Waals surface area contributed by atoms with Gasteiger partial charge >= 0.3 is 0 Å². The molecule has 25 heavy (non-hydrogen) atoms. The summed E-state index contributed by atoms with van der Waals surface area (Å²) in [5.74, 6) is 2.65. The van der Waals surface area contributed by atoms with Crippen LogP contribution in [0.5, 0.6) is 0 Å². The Bertz CT molecular complexity index is 534. The molecule has 4 aliphatic carbocycles. The van der Waals surface area contributed by atoms with Crippen molar-refractivity contribution in [3.05, 3.63) is 0 Å². The van der Waals surface area contributed by atoms with Gasteiger partial charge in [0.2, 0.25) is 11.8 Å². The van der Waals surface area contributed by atoms with E-state index >= 15 is 0 Å². The summed E-state index contributed by atoms with van der Waals surface area (Å²) in [6.45, 7) is 2.08. The van der Waals surface area contributed by atoms with E-state index in [1.54, 1.807) is 0 Å². The minimum Gasteiger partial charge on any atom is -0.381 e. The topological polar surface area (TPSA) is 58.6 Å². The highest BCUT2D eigenvalue weighted by Crippen LogP contribution is 2.55. The molecule has 0 aromatic heterocycles. The first-order chi connectivity index (χ1) is 12.1. The van der Waals surface area contributed by atoms with Crippen molar-refractivity contribution in [2.24, 2.45) is 23.7 Å². The average molecular weight is 346 g/mol. The maximum Gasteiger partial charge on any atom is 0.225 e. The van der Waals surface area contributed by atoms with E-state index in [4.69, 9.17) is 4.74 Å². The maximum absolute atomic E-state index is 13.0. The Labute approximate surface area is 149 Å². The molecule has 1 unspecified atom stereocenters. The first-order valence-corrected chi connectivity index (χ1v) is 10.3. The molecular weight excluding hydrogens is 316 g/mol. The molecule has 2 heterocycles. The second-order valence-corrected chi connectivity index (χ2v) is 9.48. The van der Waals surface area contributed by atoms with E-state index in [9.17, 15) is 9.59 Å². The lowest BCUT2D eigenvalue weighted by Crippen LogP contribution is -2.60. The number of nitrogens with one attached hydrogen (secondary N) is 1. The van der Waals surface area contributed by atoms with Gasteiger partial charge in [0, 0.05) is 37.8 Å². The summed E-state index contributed by atoms with van der Waals surface area (Å²) in [5.41, 5.74) is 0.0565. The fraction of sp³-hybridized carbons (Fsp3) is 0.900. The minimum absolute atomic E-state index is 0.0565. The molecule has 4 saturated carbocycles. The van der Waals surface area contributed by atoms with Gasteiger partial charge in [-0.25, -0.2) is 0 Å². The molecule has 2 saturated heterocycles. The zero-order valence-electron chi connectivity index (χ0n) is 15.0. The van der Waals surface area contributed by atoms with Crippen molar-refractivity contribution in [2.75, 3.05) is 19.8 Å². The highest BCUT2D eigenvalue weighted by Gasteiger charge is 2.52. The number of amides is 2. The molecule has 5 nitrogen and oxygen atoms in total. The Hall–Kier alpha value is -1.10. The van der Waals surface area contributed by atoms with E-state index in [0.717, 1.165) is 43.8 Å². The van der Waals surface area contributed by atoms with Gasteiger partial charge in [0.25, 0.3) is 0 Å². The number of nitrogens with zero attached hydrogens (tertiary/aromatic N) is 1. The summed E-state index contributed by atoms with van der Waals surface area (Å²) >= 11 is 0. The molecule has 0 aromatic rings. The van der Waals surface area contributed by atoms with E-state index < -0.39 is 0 Å². The van der Waals surface area contributed by atoms with Gasteiger partial charge in [-0.15, -0.1) is 0 Å². The van der Waals surface area contributed by atoms with Crippen LogP contribution in [-0.2, 0) is 14.3 Å². The summed E-state index contributed by atoms with van der Waals surface area (Å²) in [4.78, 5) is 27.4. The van der Waals surface area contributed by atoms with Gasteiger partial charge in [-0.1, -0.05) is 0 Å². The van der Waals surface area contributed by atoms with Crippen LogP contribution >= 0.6 is 0 Å². The van der Waals surface area contributed by atoms with Crippen molar-refractivity contribution in [1.82, 2.24) is 10.2 Å². The molecule has 0 spiro atoms. The van der Waals surface area contributed by atoms with E-state index in [0.29, 0.717) is 13.0 Å². The number of hydrogen-bond donors (Lipinski definition) is 1. The van der Waals surface area contributed by atoms with Crippen LogP contribution in [0, 0.1) is 23.7 Å². The lowest BCUT2D eigenvalue weighted by Gasteiger charge is -2.57. The van der Waals surface area contributed by atoms with E-state index in [-0.39, 0.29) is 29.3 Å². The predicted octanol–water partition coefficient (Wildman–Crippen LogP) is 2.10. The molecule has 6 fully saturated rings. The normalized spacial score (nSPS) is 43.7. The summed E-state index contributed by atoms with van der Waals surface area (Å²) in [6.07, 6.45) is 9.90. The number of carbonyl (C=O) groups is 2. The van der Waals surface area contributed by atoms with Crippen molar-refractivity contribution in [2.45, 2.75) is 69.4 Å². The Morgan fingerprint density at radius 3 is 2.24 bits per heavy atom. The molecule has 5 heteroatoms. The highest BCUT2D eigenvalue weighted by atomic mass is 16.5. The first-order valence-electron chi connectivity index (χ1n) is 10.3. The van der Waals surface area contributed by atoms with Gasteiger partial charge in [0.05, 0.1) is 5.92 Å². The van der Waals surface area contributed by atoms with Crippen molar-refractivity contribution in [1.29, 1.82) is 0 Å². The lowest BCUT2D eigenvalue weighted by molar-refractivity contribution is -0.132. The van der Waals surface area contributed by atoms with E-state index in [2.05, 4.69) is 5.32 Å². The molecule has 6 aliphatic rings. The predicted molar refractivity (Wildman–Crippen MR) is 92.7 cm³/mol. The van der Waals surface area contributed by atoms with Crippen LogP contribution in [0.2, 0.25) is 0 Å². The van der Waals surface area contributed by atoms with Gasteiger partial charge in [-0.05, 0) is 69.1 Å². The first kappa shape index (κ1) is 16.1. The summed E-state index contributed by atoms with van der Waals surface area (Å²) < 4.78 is 5.41. The van der Waals surface area contributed by atoms with Gasteiger partial charge in [-0.2, -0.15) is 0 Å². The van der Waals surface area contributed by atoms with Gasteiger partial charge in [0.15, 0.2) is 0 Å². The third-order valence-corrected chi connectivity index (χ3v) is 7.59. The zero-order valence-corrected chi connectivity index (χ0v) is 15.0. The summed E-state index contributed by atoms with van der Waals surface area (Å²) in [7, 11) is 0. The smallest absolute Gasteiger partial charge is 0.225 e. The van der Waals surface area contributed by atoms with E-state index in [1.807, 2.05) is 4.90 Å². The van der Waals surface area contributed by atoms with E-state index in [1.165, 1.54) is 38.5 Å². The Balaban J connectivity index is 1.24. The Kier molecular flexibility index (Phi) is 3.84. The monoisotopic (exact) mass is 346 g/mol. The molecule has 4 bridgehead atoms. The number of hydrogen-bond acceptors (Lipinski definition) is 3. The van der Waals surface area contributed by atoms with Gasteiger partial charge in [-0.3, -0.25) is 9.59 Å². The Morgan fingerprint density at radius 2 is 1.64 bits per heavy atom. The van der Waals surface area contributed by atoms with Crippen LogP contribution in [0.1, 0.15) is 57.8 Å². The summed E-state index contributed by atoms with van der Waals surface area (Å²) in [5, 5.41) is 3.47. The molecule has 0 aromatic carbocycles. The molecule has 2 aliphatic heterocycles. The van der Waals surface area contributed by atoms with Gasteiger partial charge in [0.1, 0.15) is 0 Å². The van der Waals surface area contributed by atoms with Crippen molar-refractivity contribution >= 4 is 11.8 Å². The summed E-state index contributed by atoms with van der Waals surface area (Å²) in [6, 6.07) is 0.276. The van der Waals surface area contributed by atoms with Crippen LogP contribution in [-0.4, -0.2) is 48.1 Å². The number of likely N-dealkylation sites (tertiary alicyclic amines) is 1. The average Bonchev–Trinajstić information content (AvgIpc) is 2.96. The molecule has 0 radical (unpaired) electrons. The van der Waals surface area contributed by atoms with Crippen LogP contribution in [0.4, 0.5) is 0 Å². The number of ether oxygens (including phenoxy) is 1. The van der Waals surface area contributed by atoms with Crippen LogP contribution in [0.15, 0.2) is 0 Å². The molecule has 2 amide bonds. The molecule has 6 rings (SSSR count). The zero-order chi connectivity index (χ0) is 17.0. The highest BCUT2D eigenvalue weighted by molar-refractivity contribution is 5.89. The van der Waals surface area contributed by atoms with Crippen molar-refractivity contribution in [3.63, 3.8) is 0 Å². The molecule has 1 N–H and O–H groups in total. The quantitative estimate of drug-likeness (QED) is 0.851. The second-order valence-electron chi connectivity index (χ2n) is 9.48. The number of carbonyl (C=O) groups excluding carboxylic acids is 2. The van der Waals surface area contributed by atoms with Crippen LogP contribution < -0.4 is 5.32 Å². The molecular formula is C20H30N2O3. The third-order valence-electron chi connectivity index (χ3n) is 7.59.